The second kappa shape index (κ2) is 11.0. The molecule has 0 saturated heterocycles. The third kappa shape index (κ3) is 6.73. The van der Waals surface area contributed by atoms with Gasteiger partial charge in [-0.25, -0.2) is 0 Å². The van der Waals surface area contributed by atoms with Crippen LogP contribution >= 0.6 is 12.4 Å². The van der Waals surface area contributed by atoms with Crippen molar-refractivity contribution in [3.8, 4) is 0 Å². The third-order valence-corrected chi connectivity index (χ3v) is 6.05. The Bertz CT molecular complexity index is 388. The molecule has 0 aliphatic rings. The highest BCUT2D eigenvalue weighted by molar-refractivity contribution is 6.60. The van der Waals surface area contributed by atoms with Crippen molar-refractivity contribution in [3.63, 3.8) is 0 Å². The maximum absolute atomic E-state index is 6.11. The van der Waals surface area contributed by atoms with Crippen LogP contribution in [-0.2, 0) is 19.7 Å². The predicted molar refractivity (Wildman–Crippen MR) is 90.7 cm³/mol. The van der Waals surface area contributed by atoms with Crippen LogP contribution < -0.4 is 5.73 Å². The molecule has 1 aromatic carbocycles. The summed E-state index contributed by atoms with van der Waals surface area (Å²) >= 11 is 0. The highest BCUT2D eigenvalue weighted by Crippen LogP contribution is 2.20. The van der Waals surface area contributed by atoms with E-state index in [9.17, 15) is 0 Å². The molecule has 0 radical (unpaired) electrons. The second-order valence-corrected chi connectivity index (χ2v) is 7.48. The van der Waals surface area contributed by atoms with Gasteiger partial charge in [0, 0.05) is 26.7 Å². The molecule has 1 atom stereocenters. The fourth-order valence-corrected chi connectivity index (χ4v) is 4.17. The Morgan fingerprint density at radius 2 is 1.86 bits per heavy atom. The van der Waals surface area contributed by atoms with Crippen molar-refractivity contribution in [1.82, 2.24) is 0 Å². The fourth-order valence-electron chi connectivity index (χ4n) is 2.01. The van der Waals surface area contributed by atoms with Gasteiger partial charge in [-0.3, -0.25) is 0 Å². The minimum absolute atomic E-state index is 0. The Morgan fingerprint density at radius 3 is 2.33 bits per heavy atom. The molecule has 1 unspecified atom stereocenters. The largest absolute Gasteiger partial charge is 0.500 e. The van der Waals surface area contributed by atoms with E-state index in [1.54, 1.807) is 20.3 Å². The SMILES string of the molecule is C=CC(Cc1ccccc1)O[Si](CCCN)(OC)OC.Cl. The molecule has 0 amide bonds. The Kier molecular flexibility index (Phi) is 10.6. The van der Waals surface area contributed by atoms with Crippen LogP contribution in [0.5, 0.6) is 0 Å². The number of benzene rings is 1. The van der Waals surface area contributed by atoms with Crippen molar-refractivity contribution in [2.24, 2.45) is 5.73 Å². The highest BCUT2D eigenvalue weighted by Gasteiger charge is 2.40. The van der Waals surface area contributed by atoms with E-state index in [4.69, 9.17) is 19.0 Å². The summed E-state index contributed by atoms with van der Waals surface area (Å²) < 4.78 is 17.2. The lowest BCUT2D eigenvalue weighted by molar-refractivity contribution is 0.0734. The topological polar surface area (TPSA) is 53.7 Å². The first-order valence-corrected chi connectivity index (χ1v) is 8.77. The molecular formula is C15H26ClNO3Si. The third-order valence-electron chi connectivity index (χ3n) is 3.18. The lowest BCUT2D eigenvalue weighted by atomic mass is 10.1. The zero-order valence-electron chi connectivity index (χ0n) is 12.8. The van der Waals surface area contributed by atoms with E-state index in [0.717, 1.165) is 18.9 Å². The average Bonchev–Trinajstić information content (AvgIpc) is 2.51. The van der Waals surface area contributed by atoms with E-state index in [0.29, 0.717) is 6.54 Å². The molecule has 0 heterocycles. The van der Waals surface area contributed by atoms with Crippen molar-refractivity contribution < 1.29 is 13.3 Å². The first-order chi connectivity index (χ1) is 9.69. The standard InChI is InChI=1S/C15H25NO3Si.ClH/c1-4-15(13-14-9-6-5-7-10-14)19-20(17-2,18-3)12-8-11-16;/h4-7,9-10,15H,1,8,11-13,16H2,2-3H3;1H. The summed E-state index contributed by atoms with van der Waals surface area (Å²) in [5, 5.41) is 0. The molecule has 0 aliphatic carbocycles. The molecule has 0 saturated carbocycles. The normalized spacial score (nSPS) is 12.5. The highest BCUT2D eigenvalue weighted by atomic mass is 35.5. The quantitative estimate of drug-likeness (QED) is 0.529. The average molecular weight is 332 g/mol. The van der Waals surface area contributed by atoms with Gasteiger partial charge in [-0.2, -0.15) is 0 Å². The zero-order chi connectivity index (χ0) is 14.8. The minimum atomic E-state index is -2.65. The molecule has 1 rings (SSSR count). The summed E-state index contributed by atoms with van der Waals surface area (Å²) in [5.74, 6) is 0. The van der Waals surface area contributed by atoms with Crippen molar-refractivity contribution in [1.29, 1.82) is 0 Å². The number of halogens is 1. The van der Waals surface area contributed by atoms with Crippen LogP contribution in [0.25, 0.3) is 0 Å². The maximum atomic E-state index is 6.11. The Hall–Kier alpha value is -0.693. The van der Waals surface area contributed by atoms with E-state index in [1.165, 1.54) is 5.56 Å². The number of nitrogens with two attached hydrogens (primary N) is 1. The second-order valence-electron chi connectivity index (χ2n) is 4.57. The summed E-state index contributed by atoms with van der Waals surface area (Å²) in [6.07, 6.45) is 3.26. The monoisotopic (exact) mass is 331 g/mol. The predicted octanol–water partition coefficient (Wildman–Crippen LogP) is 2.80. The van der Waals surface area contributed by atoms with E-state index in [2.05, 4.69) is 18.7 Å². The van der Waals surface area contributed by atoms with Crippen LogP contribution in [0.3, 0.4) is 0 Å². The Labute approximate surface area is 135 Å². The fraction of sp³-hybridized carbons (Fsp3) is 0.467. The summed E-state index contributed by atoms with van der Waals surface area (Å²) in [7, 11) is 0.614. The smallest absolute Gasteiger partial charge is 0.377 e. The van der Waals surface area contributed by atoms with Gasteiger partial charge in [-0.1, -0.05) is 36.4 Å². The maximum Gasteiger partial charge on any atom is 0.500 e. The summed E-state index contributed by atoms with van der Waals surface area (Å²) in [6.45, 7) is 4.45. The van der Waals surface area contributed by atoms with E-state index < -0.39 is 8.80 Å². The summed E-state index contributed by atoms with van der Waals surface area (Å²) in [6, 6.07) is 10.9. The van der Waals surface area contributed by atoms with Gasteiger partial charge in [0.1, 0.15) is 0 Å². The molecule has 4 nitrogen and oxygen atoms in total. The van der Waals surface area contributed by atoms with Gasteiger partial charge in [0.15, 0.2) is 0 Å². The Morgan fingerprint density at radius 1 is 1.24 bits per heavy atom. The molecule has 0 bridgehead atoms. The molecule has 21 heavy (non-hydrogen) atoms. The van der Waals surface area contributed by atoms with Crippen molar-refractivity contribution in [2.45, 2.75) is 25.0 Å². The molecule has 0 aromatic heterocycles. The van der Waals surface area contributed by atoms with Crippen LogP contribution in [0, 0.1) is 0 Å². The lowest BCUT2D eigenvalue weighted by Crippen LogP contribution is -2.47. The van der Waals surface area contributed by atoms with E-state index in [1.807, 2.05) is 18.2 Å². The molecule has 120 valence electrons. The first-order valence-electron chi connectivity index (χ1n) is 6.84. The molecule has 0 aliphatic heterocycles. The first kappa shape index (κ1) is 20.3. The van der Waals surface area contributed by atoms with Gasteiger partial charge in [0.05, 0.1) is 6.10 Å². The zero-order valence-corrected chi connectivity index (χ0v) is 14.6. The van der Waals surface area contributed by atoms with E-state index in [-0.39, 0.29) is 18.5 Å². The molecule has 0 fully saturated rings. The molecular weight excluding hydrogens is 306 g/mol. The summed E-state index contributed by atoms with van der Waals surface area (Å²) in [4.78, 5) is 0. The number of rotatable bonds is 10. The van der Waals surface area contributed by atoms with Crippen molar-refractivity contribution in [2.75, 3.05) is 20.8 Å². The lowest BCUT2D eigenvalue weighted by Gasteiger charge is -2.30. The number of hydrogen-bond acceptors (Lipinski definition) is 4. The molecule has 0 spiro atoms. The minimum Gasteiger partial charge on any atom is -0.377 e. The Balaban J connectivity index is 0.00000400. The van der Waals surface area contributed by atoms with Crippen LogP contribution in [0.2, 0.25) is 6.04 Å². The van der Waals surface area contributed by atoms with Gasteiger partial charge in [0.25, 0.3) is 0 Å². The summed E-state index contributed by atoms with van der Waals surface area (Å²) in [5.41, 5.74) is 6.77. The van der Waals surface area contributed by atoms with Crippen molar-refractivity contribution in [3.05, 3.63) is 48.6 Å². The van der Waals surface area contributed by atoms with E-state index >= 15 is 0 Å². The van der Waals surface area contributed by atoms with Gasteiger partial charge in [-0.05, 0) is 18.5 Å². The van der Waals surface area contributed by atoms with Crippen LogP contribution in [0.1, 0.15) is 12.0 Å². The van der Waals surface area contributed by atoms with Crippen LogP contribution in [-0.4, -0.2) is 35.7 Å². The van der Waals surface area contributed by atoms with Gasteiger partial charge in [0.2, 0.25) is 0 Å². The van der Waals surface area contributed by atoms with Crippen LogP contribution in [0.15, 0.2) is 43.0 Å². The molecule has 6 heteroatoms. The molecule has 2 N–H and O–H groups in total. The van der Waals surface area contributed by atoms with Gasteiger partial charge < -0.3 is 19.0 Å². The molecule has 1 aromatic rings. The number of hydrogen-bond donors (Lipinski definition) is 1. The van der Waals surface area contributed by atoms with Crippen LogP contribution in [0.4, 0.5) is 0 Å². The van der Waals surface area contributed by atoms with Gasteiger partial charge in [-0.15, -0.1) is 19.0 Å². The van der Waals surface area contributed by atoms with Gasteiger partial charge >= 0.3 is 8.80 Å². The van der Waals surface area contributed by atoms with Crippen molar-refractivity contribution >= 4 is 21.2 Å².